The normalized spacial score (nSPS) is 28.9. The van der Waals surface area contributed by atoms with Crippen LogP contribution in [-0.4, -0.2) is 51.6 Å². The smallest absolute Gasteiger partial charge is 0.327 e. The van der Waals surface area contributed by atoms with Crippen molar-refractivity contribution in [2.75, 3.05) is 6.54 Å². The molecule has 0 spiro atoms. The first-order valence-corrected chi connectivity index (χ1v) is 5.34. The molecule has 0 aromatic heterocycles. The first-order chi connectivity index (χ1) is 7.02. The number of hydrogen-bond acceptors (Lipinski definition) is 3. The van der Waals surface area contributed by atoms with Crippen LogP contribution in [-0.2, 0) is 4.79 Å². The Morgan fingerprint density at radius 2 is 2.07 bits per heavy atom. The second kappa shape index (κ2) is 3.48. The van der Waals surface area contributed by atoms with Gasteiger partial charge in [-0.2, -0.15) is 0 Å². The van der Waals surface area contributed by atoms with Crippen molar-refractivity contribution in [1.82, 2.24) is 9.80 Å². The molecule has 0 bridgehead atoms. The van der Waals surface area contributed by atoms with Crippen LogP contribution in [0.2, 0.25) is 0 Å². The van der Waals surface area contributed by atoms with Gasteiger partial charge in [0.25, 0.3) is 5.91 Å². The number of β-amino-alcohol motifs (C(OH)–C–C–N with tert-alkyl or cyclic N) is 1. The summed E-state index contributed by atoms with van der Waals surface area (Å²) in [5.41, 5.74) is 0. The molecule has 0 radical (unpaired) electrons. The number of imide groups is 1. The van der Waals surface area contributed by atoms with Gasteiger partial charge in [-0.15, -0.1) is 0 Å². The average Bonchev–Trinajstić information content (AvgIpc) is 2.93. The fraction of sp³-hybridized carbons (Fsp3) is 0.800. The maximum Gasteiger partial charge on any atom is 0.327 e. The molecule has 0 aromatic carbocycles. The van der Waals surface area contributed by atoms with Gasteiger partial charge >= 0.3 is 6.03 Å². The first-order valence-electron chi connectivity index (χ1n) is 5.34. The van der Waals surface area contributed by atoms with Crippen molar-refractivity contribution in [2.24, 2.45) is 0 Å². The van der Waals surface area contributed by atoms with Crippen LogP contribution in [0.25, 0.3) is 0 Å². The molecular formula is C10H16N2O3. The van der Waals surface area contributed by atoms with E-state index < -0.39 is 12.1 Å². The van der Waals surface area contributed by atoms with Crippen molar-refractivity contribution in [2.45, 2.75) is 44.9 Å². The van der Waals surface area contributed by atoms with Crippen molar-refractivity contribution >= 4 is 11.9 Å². The van der Waals surface area contributed by atoms with Gasteiger partial charge in [0.1, 0.15) is 6.04 Å². The fourth-order valence-corrected chi connectivity index (χ4v) is 1.92. The third-order valence-corrected chi connectivity index (χ3v) is 2.89. The van der Waals surface area contributed by atoms with E-state index in [0.29, 0.717) is 0 Å². The molecule has 5 heteroatoms. The molecule has 1 aliphatic carbocycles. The Kier molecular flexibility index (Phi) is 2.42. The lowest BCUT2D eigenvalue weighted by Gasteiger charge is -2.20. The summed E-state index contributed by atoms with van der Waals surface area (Å²) in [6.45, 7) is 3.56. The Morgan fingerprint density at radius 1 is 1.47 bits per heavy atom. The highest BCUT2D eigenvalue weighted by Gasteiger charge is 2.48. The van der Waals surface area contributed by atoms with E-state index in [-0.39, 0.29) is 24.5 Å². The van der Waals surface area contributed by atoms with Gasteiger partial charge in [0.15, 0.2) is 0 Å². The summed E-state index contributed by atoms with van der Waals surface area (Å²) in [5, 5.41) is 9.25. The molecule has 1 saturated carbocycles. The molecule has 2 fully saturated rings. The predicted octanol–water partition coefficient (Wildman–Crippen LogP) is 0.182. The van der Waals surface area contributed by atoms with E-state index in [1.54, 1.807) is 13.8 Å². The molecule has 0 aromatic rings. The van der Waals surface area contributed by atoms with E-state index in [2.05, 4.69) is 0 Å². The number of rotatable bonds is 3. The van der Waals surface area contributed by atoms with Gasteiger partial charge in [-0.1, -0.05) is 0 Å². The minimum Gasteiger partial charge on any atom is -0.392 e. The number of amides is 3. The summed E-state index contributed by atoms with van der Waals surface area (Å²) < 4.78 is 0. The lowest BCUT2D eigenvalue weighted by molar-refractivity contribution is -0.128. The molecular weight excluding hydrogens is 196 g/mol. The van der Waals surface area contributed by atoms with Gasteiger partial charge in [0.05, 0.1) is 6.10 Å². The van der Waals surface area contributed by atoms with E-state index >= 15 is 0 Å². The molecule has 5 nitrogen and oxygen atoms in total. The monoisotopic (exact) mass is 212 g/mol. The molecule has 1 aliphatic heterocycles. The fourth-order valence-electron chi connectivity index (χ4n) is 1.92. The Labute approximate surface area is 88.6 Å². The molecule has 2 aliphatic rings. The number of carbonyl (C=O) groups excluding carboxylic acids is 2. The lowest BCUT2D eigenvalue weighted by Crippen LogP contribution is -2.39. The van der Waals surface area contributed by atoms with Crippen LogP contribution in [0.15, 0.2) is 0 Å². The lowest BCUT2D eigenvalue weighted by atomic mass is 10.3. The molecule has 3 amide bonds. The van der Waals surface area contributed by atoms with Gasteiger partial charge in [-0.25, -0.2) is 4.79 Å². The zero-order valence-corrected chi connectivity index (χ0v) is 9.01. The maximum atomic E-state index is 11.9. The second-order valence-corrected chi connectivity index (χ2v) is 4.40. The van der Waals surface area contributed by atoms with Crippen LogP contribution in [0.5, 0.6) is 0 Å². The molecule has 2 unspecified atom stereocenters. The average molecular weight is 212 g/mol. The number of aliphatic hydroxyl groups is 1. The molecule has 2 atom stereocenters. The molecule has 1 heterocycles. The van der Waals surface area contributed by atoms with Crippen LogP contribution >= 0.6 is 0 Å². The van der Waals surface area contributed by atoms with E-state index in [9.17, 15) is 14.7 Å². The van der Waals surface area contributed by atoms with Crippen molar-refractivity contribution in [1.29, 1.82) is 0 Å². The van der Waals surface area contributed by atoms with Crippen molar-refractivity contribution in [3.63, 3.8) is 0 Å². The summed E-state index contributed by atoms with van der Waals surface area (Å²) in [6, 6.07) is -0.546. The highest BCUT2D eigenvalue weighted by Crippen LogP contribution is 2.32. The van der Waals surface area contributed by atoms with Crippen LogP contribution < -0.4 is 0 Å². The minimum absolute atomic E-state index is 0.117. The summed E-state index contributed by atoms with van der Waals surface area (Å²) in [6.07, 6.45) is 1.25. The quantitative estimate of drug-likeness (QED) is 0.679. The Balaban J connectivity index is 2.13. The first kappa shape index (κ1) is 10.4. The zero-order chi connectivity index (χ0) is 11.2. The minimum atomic E-state index is -0.594. The molecule has 1 N–H and O–H groups in total. The van der Waals surface area contributed by atoms with Crippen LogP contribution in [0.4, 0.5) is 4.79 Å². The third-order valence-electron chi connectivity index (χ3n) is 2.89. The highest BCUT2D eigenvalue weighted by molar-refractivity contribution is 6.04. The molecule has 2 rings (SSSR count). The molecule has 15 heavy (non-hydrogen) atoms. The Hall–Kier alpha value is -1.10. The summed E-state index contributed by atoms with van der Waals surface area (Å²) in [7, 11) is 0. The summed E-state index contributed by atoms with van der Waals surface area (Å²) in [5.74, 6) is -0.122. The van der Waals surface area contributed by atoms with Crippen molar-refractivity contribution in [3.8, 4) is 0 Å². The van der Waals surface area contributed by atoms with E-state index in [4.69, 9.17) is 0 Å². The third kappa shape index (κ3) is 1.71. The molecule has 1 saturated heterocycles. The zero-order valence-electron chi connectivity index (χ0n) is 9.01. The predicted molar refractivity (Wildman–Crippen MR) is 53.1 cm³/mol. The number of aliphatic hydroxyl groups excluding tert-OH is 1. The van der Waals surface area contributed by atoms with Gasteiger partial charge in [0.2, 0.25) is 0 Å². The largest absolute Gasteiger partial charge is 0.392 e. The Morgan fingerprint density at radius 3 is 2.53 bits per heavy atom. The van der Waals surface area contributed by atoms with Crippen molar-refractivity contribution < 1.29 is 14.7 Å². The highest BCUT2D eigenvalue weighted by atomic mass is 16.3. The number of carbonyl (C=O) groups is 2. The van der Waals surface area contributed by atoms with Gasteiger partial charge in [-0.05, 0) is 26.7 Å². The topological polar surface area (TPSA) is 60.9 Å². The molecule has 84 valence electrons. The van der Waals surface area contributed by atoms with Gasteiger partial charge < -0.3 is 10.0 Å². The Bertz CT molecular complexity index is 299. The van der Waals surface area contributed by atoms with E-state index in [1.165, 1.54) is 9.80 Å². The van der Waals surface area contributed by atoms with Crippen LogP contribution in [0, 0.1) is 0 Å². The standard InChI is InChI=1S/C10H16N2O3/c1-6(13)5-11-7(2)9(14)12(10(11)15)8-3-4-8/h6-8,13H,3-5H2,1-2H3. The van der Waals surface area contributed by atoms with E-state index in [1.807, 2.05) is 0 Å². The van der Waals surface area contributed by atoms with Crippen LogP contribution in [0.1, 0.15) is 26.7 Å². The maximum absolute atomic E-state index is 11.9. The number of nitrogens with zero attached hydrogens (tertiary/aromatic N) is 2. The van der Waals surface area contributed by atoms with E-state index in [0.717, 1.165) is 12.8 Å². The number of hydrogen-bond donors (Lipinski definition) is 1. The van der Waals surface area contributed by atoms with Gasteiger partial charge in [-0.3, -0.25) is 9.69 Å². The van der Waals surface area contributed by atoms with Crippen molar-refractivity contribution in [3.05, 3.63) is 0 Å². The summed E-state index contributed by atoms with van der Waals surface area (Å²) >= 11 is 0. The second-order valence-electron chi connectivity index (χ2n) is 4.40. The summed E-state index contributed by atoms with van der Waals surface area (Å²) in [4.78, 5) is 26.4. The number of urea groups is 1. The SMILES string of the molecule is CC(O)CN1C(=O)N(C2CC2)C(=O)C1C. The van der Waals surface area contributed by atoms with Crippen LogP contribution in [0.3, 0.4) is 0 Å². The van der Waals surface area contributed by atoms with Gasteiger partial charge in [0, 0.05) is 12.6 Å².